The van der Waals surface area contributed by atoms with E-state index < -0.39 is 35.4 Å². The summed E-state index contributed by atoms with van der Waals surface area (Å²) in [4.78, 5) is 11.6. The lowest BCUT2D eigenvalue weighted by Gasteiger charge is -2.29. The summed E-state index contributed by atoms with van der Waals surface area (Å²) in [6, 6.07) is 1.23. The third-order valence-corrected chi connectivity index (χ3v) is 3.03. The number of carbonyl (C=O) groups is 1. The summed E-state index contributed by atoms with van der Waals surface area (Å²) in [5.41, 5.74) is 4.21. The molecule has 0 aliphatic rings. The number of halogens is 5. The second kappa shape index (κ2) is 7.15. The zero-order valence-corrected chi connectivity index (χ0v) is 12.8. The largest absolute Gasteiger partial charge is 0.573 e. The van der Waals surface area contributed by atoms with E-state index in [1.54, 1.807) is 0 Å². The molecule has 0 saturated carbocycles. The van der Waals surface area contributed by atoms with Crippen molar-refractivity contribution in [1.82, 2.24) is 0 Å². The summed E-state index contributed by atoms with van der Waals surface area (Å²) in [7, 11) is 1.14. The van der Waals surface area contributed by atoms with E-state index in [2.05, 4.69) is 9.47 Å². The molecular weight excluding hydrogens is 330 g/mol. The molecule has 0 aromatic heterocycles. The topological polar surface area (TPSA) is 61.5 Å². The van der Waals surface area contributed by atoms with E-state index in [-0.39, 0.29) is 18.0 Å². The number of methoxy groups -OCH3 is 1. The second-order valence-corrected chi connectivity index (χ2v) is 4.92. The summed E-state index contributed by atoms with van der Waals surface area (Å²) in [6.45, 7) is 2.81. The first-order chi connectivity index (χ1) is 9.49. The highest BCUT2D eigenvalue weighted by Crippen LogP contribution is 2.36. The molecule has 0 aliphatic carbocycles. The Kier molecular flexibility index (Phi) is 6.65. The van der Waals surface area contributed by atoms with Crippen molar-refractivity contribution in [3.8, 4) is 5.75 Å². The first kappa shape index (κ1) is 20.5. The molecule has 1 atom stereocenters. The molecule has 0 radical (unpaired) electrons. The molecule has 126 valence electrons. The molecule has 0 amide bonds. The average molecular weight is 346 g/mol. The van der Waals surface area contributed by atoms with Gasteiger partial charge in [-0.3, -0.25) is 4.79 Å². The van der Waals surface area contributed by atoms with Gasteiger partial charge in [0, 0.05) is 11.6 Å². The molecular formula is C13H16ClF4NO3. The predicted molar refractivity (Wildman–Crippen MR) is 73.1 cm³/mol. The number of ether oxygens (including phenoxy) is 2. The summed E-state index contributed by atoms with van der Waals surface area (Å²) < 4.78 is 58.6. The lowest BCUT2D eigenvalue weighted by atomic mass is 9.81. The summed E-state index contributed by atoms with van der Waals surface area (Å²) in [6.07, 6.45) is -4.91. The number of hydrogen-bond acceptors (Lipinski definition) is 4. The van der Waals surface area contributed by atoms with Crippen LogP contribution in [0, 0.1) is 11.2 Å². The summed E-state index contributed by atoms with van der Waals surface area (Å²) >= 11 is 0. The van der Waals surface area contributed by atoms with E-state index in [0.717, 1.165) is 25.3 Å². The molecule has 22 heavy (non-hydrogen) atoms. The fourth-order valence-electron chi connectivity index (χ4n) is 1.74. The Morgan fingerprint density at radius 2 is 1.82 bits per heavy atom. The van der Waals surface area contributed by atoms with Gasteiger partial charge in [0.2, 0.25) is 0 Å². The number of alkyl halides is 3. The molecule has 9 heteroatoms. The van der Waals surface area contributed by atoms with Crippen LogP contribution in [-0.2, 0) is 9.53 Å². The Bertz CT molecular complexity index is 535. The van der Waals surface area contributed by atoms with Crippen LogP contribution >= 0.6 is 12.4 Å². The van der Waals surface area contributed by atoms with Crippen molar-refractivity contribution in [3.05, 3.63) is 29.6 Å². The standard InChI is InChI=1S/C13H15F4NO3.ClH/c1-12(2,11(19)20-3)10(18)8-6-7(4-5-9(8)14)21-13(15,16)17;/h4-6,10H,18H2,1-3H3;1H/t10-;/m0./s1. The smallest absolute Gasteiger partial charge is 0.469 e. The predicted octanol–water partition coefficient (Wildman–Crippen LogP) is 3.35. The minimum atomic E-state index is -4.91. The van der Waals surface area contributed by atoms with Gasteiger partial charge < -0.3 is 15.2 Å². The molecule has 4 nitrogen and oxygen atoms in total. The third-order valence-electron chi connectivity index (χ3n) is 3.03. The SMILES string of the molecule is COC(=O)C(C)(C)[C@@H](N)c1cc(OC(F)(F)F)ccc1F.Cl. The zero-order chi connectivity index (χ0) is 16.4. The van der Waals surface area contributed by atoms with Gasteiger partial charge in [-0.05, 0) is 32.0 Å². The van der Waals surface area contributed by atoms with Crippen LogP contribution in [0.4, 0.5) is 17.6 Å². The second-order valence-electron chi connectivity index (χ2n) is 4.92. The maximum atomic E-state index is 13.8. The molecule has 0 bridgehead atoms. The lowest BCUT2D eigenvalue weighted by molar-refractivity contribution is -0.274. The van der Waals surface area contributed by atoms with Gasteiger partial charge in [-0.2, -0.15) is 0 Å². The Labute approximate surface area is 131 Å². The zero-order valence-electron chi connectivity index (χ0n) is 12.0. The van der Waals surface area contributed by atoms with Crippen molar-refractivity contribution in [1.29, 1.82) is 0 Å². The van der Waals surface area contributed by atoms with Gasteiger partial charge in [0.25, 0.3) is 0 Å². The highest BCUT2D eigenvalue weighted by Gasteiger charge is 2.38. The summed E-state index contributed by atoms with van der Waals surface area (Å²) in [5.74, 6) is -2.17. The number of esters is 1. The van der Waals surface area contributed by atoms with Crippen molar-refractivity contribution >= 4 is 18.4 Å². The first-order valence-corrected chi connectivity index (χ1v) is 5.88. The van der Waals surface area contributed by atoms with E-state index in [9.17, 15) is 22.4 Å². The molecule has 1 aromatic rings. The molecule has 0 unspecified atom stereocenters. The highest BCUT2D eigenvalue weighted by molar-refractivity contribution is 5.85. The minimum absolute atomic E-state index is 0. The van der Waals surface area contributed by atoms with Crippen molar-refractivity contribution in [2.45, 2.75) is 26.3 Å². The molecule has 0 saturated heterocycles. The van der Waals surface area contributed by atoms with Gasteiger partial charge in [-0.15, -0.1) is 25.6 Å². The number of rotatable bonds is 4. The molecule has 1 aromatic carbocycles. The fraction of sp³-hybridized carbons (Fsp3) is 0.462. The maximum Gasteiger partial charge on any atom is 0.573 e. The Balaban J connectivity index is 0.00000441. The number of nitrogens with two attached hydrogens (primary N) is 1. The van der Waals surface area contributed by atoms with E-state index in [1.165, 1.54) is 13.8 Å². The van der Waals surface area contributed by atoms with Crippen LogP contribution in [0.25, 0.3) is 0 Å². The van der Waals surface area contributed by atoms with Crippen LogP contribution in [0.2, 0.25) is 0 Å². The van der Waals surface area contributed by atoms with Gasteiger partial charge in [-0.25, -0.2) is 4.39 Å². The molecule has 0 aliphatic heterocycles. The quantitative estimate of drug-likeness (QED) is 0.671. The van der Waals surface area contributed by atoms with E-state index in [1.807, 2.05) is 0 Å². The normalized spacial score (nSPS) is 13.1. The van der Waals surface area contributed by atoms with E-state index in [4.69, 9.17) is 5.73 Å². The van der Waals surface area contributed by atoms with E-state index in [0.29, 0.717) is 0 Å². The molecule has 0 fully saturated rings. The first-order valence-electron chi connectivity index (χ1n) is 5.88. The van der Waals surface area contributed by atoms with Crippen molar-refractivity contribution in [2.75, 3.05) is 7.11 Å². The van der Waals surface area contributed by atoms with Gasteiger partial charge >= 0.3 is 12.3 Å². The van der Waals surface area contributed by atoms with Crippen molar-refractivity contribution in [3.63, 3.8) is 0 Å². The van der Waals surface area contributed by atoms with Gasteiger partial charge in [0.1, 0.15) is 11.6 Å². The maximum absolute atomic E-state index is 13.8. The van der Waals surface area contributed by atoms with Crippen LogP contribution in [0.5, 0.6) is 5.75 Å². The number of hydrogen-bond donors (Lipinski definition) is 1. The lowest BCUT2D eigenvalue weighted by Crippen LogP contribution is -2.37. The van der Waals surface area contributed by atoms with Gasteiger partial charge in [0.15, 0.2) is 0 Å². The van der Waals surface area contributed by atoms with E-state index >= 15 is 0 Å². The van der Waals surface area contributed by atoms with Crippen LogP contribution < -0.4 is 10.5 Å². The van der Waals surface area contributed by atoms with Gasteiger partial charge in [0.05, 0.1) is 12.5 Å². The van der Waals surface area contributed by atoms with Crippen molar-refractivity contribution in [2.24, 2.45) is 11.1 Å². The molecule has 2 N–H and O–H groups in total. The highest BCUT2D eigenvalue weighted by atomic mass is 35.5. The minimum Gasteiger partial charge on any atom is -0.469 e. The average Bonchev–Trinajstić information content (AvgIpc) is 2.37. The number of benzene rings is 1. The molecule has 0 heterocycles. The monoisotopic (exact) mass is 345 g/mol. The Morgan fingerprint density at radius 3 is 2.27 bits per heavy atom. The van der Waals surface area contributed by atoms with Crippen LogP contribution in [0.15, 0.2) is 18.2 Å². The van der Waals surface area contributed by atoms with Crippen LogP contribution in [0.3, 0.4) is 0 Å². The van der Waals surface area contributed by atoms with Crippen molar-refractivity contribution < 1.29 is 31.8 Å². The number of carbonyl (C=O) groups excluding carboxylic acids is 1. The Morgan fingerprint density at radius 1 is 1.27 bits per heavy atom. The van der Waals surface area contributed by atoms with Crippen LogP contribution in [-0.4, -0.2) is 19.4 Å². The fourth-order valence-corrected chi connectivity index (χ4v) is 1.74. The van der Waals surface area contributed by atoms with Gasteiger partial charge in [-0.1, -0.05) is 0 Å². The molecule has 1 rings (SSSR count). The summed E-state index contributed by atoms with van der Waals surface area (Å²) in [5, 5.41) is 0. The Hall–Kier alpha value is -1.54. The third kappa shape index (κ3) is 4.74. The van der Waals surface area contributed by atoms with Crippen LogP contribution in [0.1, 0.15) is 25.5 Å². The molecule has 0 spiro atoms.